The molecule has 0 aliphatic rings. The van der Waals surface area contributed by atoms with Crippen LogP contribution in [0.4, 0.5) is 0 Å². The lowest BCUT2D eigenvalue weighted by Crippen LogP contribution is -2.31. The first-order valence-corrected chi connectivity index (χ1v) is 6.49. The van der Waals surface area contributed by atoms with Crippen LogP contribution in [0.3, 0.4) is 0 Å². The van der Waals surface area contributed by atoms with E-state index in [1.807, 2.05) is 44.0 Å². The van der Waals surface area contributed by atoms with Gasteiger partial charge in [0.1, 0.15) is 0 Å². The second kappa shape index (κ2) is 6.53. The van der Waals surface area contributed by atoms with E-state index < -0.39 is 0 Å². The van der Waals surface area contributed by atoms with Crippen LogP contribution >= 0.6 is 11.8 Å². The summed E-state index contributed by atoms with van der Waals surface area (Å²) in [5.74, 6) is 0.648. The van der Waals surface area contributed by atoms with Gasteiger partial charge in [0.2, 0.25) is 5.91 Å². The van der Waals surface area contributed by atoms with Gasteiger partial charge in [0, 0.05) is 19.3 Å². The van der Waals surface area contributed by atoms with E-state index in [-0.39, 0.29) is 5.91 Å². The average molecular weight is 238 g/mol. The van der Waals surface area contributed by atoms with Crippen LogP contribution in [0.25, 0.3) is 0 Å². The van der Waals surface area contributed by atoms with E-state index in [9.17, 15) is 4.79 Å². The van der Waals surface area contributed by atoms with Gasteiger partial charge in [-0.05, 0) is 32.4 Å². The molecule has 1 heterocycles. The first-order chi connectivity index (χ1) is 7.67. The highest BCUT2D eigenvalue weighted by Gasteiger charge is 2.09. The molecule has 4 heteroatoms. The minimum Gasteiger partial charge on any atom is -0.343 e. The zero-order chi connectivity index (χ0) is 12.0. The van der Waals surface area contributed by atoms with Crippen LogP contribution in [-0.2, 0) is 4.79 Å². The Morgan fingerprint density at radius 1 is 1.38 bits per heavy atom. The number of rotatable bonds is 5. The summed E-state index contributed by atoms with van der Waals surface area (Å²) in [6, 6.07) is 3.97. The Balaban J connectivity index is 2.45. The van der Waals surface area contributed by atoms with E-state index in [1.165, 1.54) is 11.8 Å². The van der Waals surface area contributed by atoms with Crippen molar-refractivity contribution in [3.05, 3.63) is 23.9 Å². The average Bonchev–Trinajstić information content (AvgIpc) is 2.30. The third-order valence-corrected chi connectivity index (χ3v) is 3.27. The molecular weight excluding hydrogens is 220 g/mol. The lowest BCUT2D eigenvalue weighted by molar-refractivity contribution is -0.127. The van der Waals surface area contributed by atoms with Crippen molar-refractivity contribution >= 4 is 17.7 Å². The van der Waals surface area contributed by atoms with Crippen LogP contribution in [0.1, 0.15) is 19.4 Å². The van der Waals surface area contributed by atoms with E-state index in [4.69, 9.17) is 0 Å². The van der Waals surface area contributed by atoms with Crippen LogP contribution in [0, 0.1) is 6.92 Å². The van der Waals surface area contributed by atoms with Gasteiger partial charge in [0.05, 0.1) is 10.8 Å². The molecule has 3 nitrogen and oxygen atoms in total. The summed E-state index contributed by atoms with van der Waals surface area (Å²) in [6.45, 7) is 7.54. The fraction of sp³-hybridized carbons (Fsp3) is 0.500. The van der Waals surface area contributed by atoms with Gasteiger partial charge in [-0.25, -0.2) is 4.98 Å². The first-order valence-electron chi connectivity index (χ1n) is 5.50. The van der Waals surface area contributed by atoms with Gasteiger partial charge in [0.15, 0.2) is 0 Å². The van der Waals surface area contributed by atoms with Gasteiger partial charge in [-0.15, -0.1) is 0 Å². The molecule has 0 saturated heterocycles. The normalized spacial score (nSPS) is 10.2. The molecule has 0 unspecified atom stereocenters. The lowest BCUT2D eigenvalue weighted by atomic mass is 10.3. The Morgan fingerprint density at radius 3 is 2.56 bits per heavy atom. The van der Waals surface area contributed by atoms with E-state index >= 15 is 0 Å². The highest BCUT2D eigenvalue weighted by atomic mass is 32.2. The fourth-order valence-corrected chi connectivity index (χ4v) is 2.09. The molecule has 0 N–H and O–H groups in total. The maximum Gasteiger partial charge on any atom is 0.232 e. The molecule has 88 valence electrons. The van der Waals surface area contributed by atoms with E-state index in [1.54, 1.807) is 0 Å². The van der Waals surface area contributed by atoms with Crippen LogP contribution in [0.15, 0.2) is 23.4 Å². The maximum atomic E-state index is 11.7. The van der Waals surface area contributed by atoms with Crippen LogP contribution in [0.2, 0.25) is 0 Å². The number of aryl methyl sites for hydroxylation is 1. The van der Waals surface area contributed by atoms with Gasteiger partial charge in [0.25, 0.3) is 0 Å². The molecule has 0 aromatic carbocycles. The monoisotopic (exact) mass is 238 g/mol. The SMILES string of the molecule is CCN(CC)C(=O)CSc1ccc(C)cn1. The van der Waals surface area contributed by atoms with Gasteiger partial charge in [-0.1, -0.05) is 17.8 Å². The number of amides is 1. The Kier molecular flexibility index (Phi) is 5.32. The Morgan fingerprint density at radius 2 is 2.06 bits per heavy atom. The number of carbonyl (C=O) groups excluding carboxylic acids is 1. The summed E-state index contributed by atoms with van der Waals surface area (Å²) in [5, 5.41) is 0.908. The molecule has 1 aromatic rings. The molecule has 0 atom stereocenters. The first kappa shape index (κ1) is 13.0. The van der Waals surface area contributed by atoms with Crippen LogP contribution in [-0.4, -0.2) is 34.6 Å². The van der Waals surface area contributed by atoms with Gasteiger partial charge in [-0.3, -0.25) is 4.79 Å². The second-order valence-corrected chi connectivity index (χ2v) is 4.52. The molecule has 0 fully saturated rings. The lowest BCUT2D eigenvalue weighted by Gasteiger charge is -2.17. The molecule has 0 aliphatic heterocycles. The molecule has 0 radical (unpaired) electrons. The molecule has 1 amide bonds. The van der Waals surface area contributed by atoms with Crippen molar-refractivity contribution in [1.29, 1.82) is 0 Å². The van der Waals surface area contributed by atoms with Gasteiger partial charge >= 0.3 is 0 Å². The highest BCUT2D eigenvalue weighted by Crippen LogP contribution is 2.15. The molecule has 0 bridgehead atoms. The largest absolute Gasteiger partial charge is 0.343 e. The summed E-state index contributed by atoms with van der Waals surface area (Å²) in [5.41, 5.74) is 1.14. The van der Waals surface area contributed by atoms with Crippen LogP contribution in [0.5, 0.6) is 0 Å². The van der Waals surface area contributed by atoms with Crippen molar-refractivity contribution < 1.29 is 4.79 Å². The number of thioether (sulfide) groups is 1. The standard InChI is InChI=1S/C12H18N2OS/c1-4-14(5-2)12(15)9-16-11-7-6-10(3)8-13-11/h6-8H,4-5,9H2,1-3H3. The molecule has 0 aliphatic carbocycles. The maximum absolute atomic E-state index is 11.7. The second-order valence-electron chi connectivity index (χ2n) is 3.53. The van der Waals surface area contributed by atoms with Crippen LogP contribution < -0.4 is 0 Å². The molecule has 16 heavy (non-hydrogen) atoms. The quantitative estimate of drug-likeness (QED) is 0.738. The molecule has 0 spiro atoms. The van der Waals surface area contributed by atoms with Crippen molar-refractivity contribution in [2.24, 2.45) is 0 Å². The molecule has 0 saturated carbocycles. The van der Waals surface area contributed by atoms with E-state index in [0.717, 1.165) is 23.7 Å². The molecule has 1 aromatic heterocycles. The summed E-state index contributed by atoms with van der Waals surface area (Å²) in [4.78, 5) is 17.8. The highest BCUT2D eigenvalue weighted by molar-refractivity contribution is 7.99. The van der Waals surface area contributed by atoms with Crippen molar-refractivity contribution in [2.45, 2.75) is 25.8 Å². The van der Waals surface area contributed by atoms with Gasteiger partial charge < -0.3 is 4.90 Å². The summed E-state index contributed by atoms with van der Waals surface area (Å²) >= 11 is 1.49. The zero-order valence-electron chi connectivity index (χ0n) is 10.1. The summed E-state index contributed by atoms with van der Waals surface area (Å²) in [6.07, 6.45) is 1.82. The van der Waals surface area contributed by atoms with Crippen molar-refractivity contribution in [1.82, 2.24) is 9.88 Å². The zero-order valence-corrected chi connectivity index (χ0v) is 10.9. The third kappa shape index (κ3) is 3.85. The van der Waals surface area contributed by atoms with Crippen molar-refractivity contribution in [3.63, 3.8) is 0 Å². The number of aromatic nitrogens is 1. The number of nitrogens with zero attached hydrogens (tertiary/aromatic N) is 2. The van der Waals surface area contributed by atoms with Crippen molar-refractivity contribution in [3.8, 4) is 0 Å². The summed E-state index contributed by atoms with van der Waals surface area (Å²) < 4.78 is 0. The number of carbonyl (C=O) groups is 1. The Bertz CT molecular complexity index is 333. The Hall–Kier alpha value is -1.03. The van der Waals surface area contributed by atoms with E-state index in [0.29, 0.717) is 5.75 Å². The van der Waals surface area contributed by atoms with Gasteiger partial charge in [-0.2, -0.15) is 0 Å². The topological polar surface area (TPSA) is 33.2 Å². The number of pyridine rings is 1. The van der Waals surface area contributed by atoms with Crippen molar-refractivity contribution in [2.75, 3.05) is 18.8 Å². The predicted octanol–water partition coefficient (Wildman–Crippen LogP) is 2.35. The minimum atomic E-state index is 0.178. The Labute approximate surface area is 101 Å². The fourth-order valence-electron chi connectivity index (χ4n) is 1.34. The minimum absolute atomic E-state index is 0.178. The number of hydrogen-bond acceptors (Lipinski definition) is 3. The number of hydrogen-bond donors (Lipinski definition) is 0. The summed E-state index contributed by atoms with van der Waals surface area (Å²) in [7, 11) is 0. The molecular formula is C12H18N2OS. The third-order valence-electron chi connectivity index (χ3n) is 2.34. The smallest absolute Gasteiger partial charge is 0.232 e. The van der Waals surface area contributed by atoms with E-state index in [2.05, 4.69) is 4.98 Å². The molecule has 1 rings (SSSR count). The predicted molar refractivity (Wildman–Crippen MR) is 67.6 cm³/mol.